The molecule has 0 heterocycles. The number of hydrogen-bond acceptors (Lipinski definition) is 5. The molecular formula is C28H37N3O4S2. The molecule has 2 saturated carbocycles. The standard InChI is InChI=1S/C28H37N3O4S2/c1-19(2)29-28-26-17-22(36(32,33)30-20-9-5-3-6-10-20)13-15-24(26)25-16-14-23(18-27(25)28)37(34,35)31-21-11-7-4-8-12-21/h13-21,30-31H,3-12H2,1-2H3. The molecule has 0 aromatic heterocycles. The molecule has 5 rings (SSSR count). The fraction of sp³-hybridized carbons (Fsp3) is 0.536. The average Bonchev–Trinajstić information content (AvgIpc) is 3.16. The molecule has 9 heteroatoms. The van der Waals surface area contributed by atoms with E-state index in [1.54, 1.807) is 24.3 Å². The van der Waals surface area contributed by atoms with E-state index in [4.69, 9.17) is 4.99 Å². The highest BCUT2D eigenvalue weighted by molar-refractivity contribution is 7.89. The second-order valence-corrected chi connectivity index (χ2v) is 14.3. The van der Waals surface area contributed by atoms with Crippen molar-refractivity contribution in [2.45, 2.75) is 106 Å². The predicted molar refractivity (Wildman–Crippen MR) is 147 cm³/mol. The van der Waals surface area contributed by atoms with Crippen LogP contribution in [0, 0.1) is 0 Å². The first-order chi connectivity index (χ1) is 17.6. The maximum absolute atomic E-state index is 13.2. The van der Waals surface area contributed by atoms with Crippen LogP contribution in [0.5, 0.6) is 0 Å². The molecule has 0 bridgehead atoms. The van der Waals surface area contributed by atoms with Crippen LogP contribution in [0.15, 0.2) is 51.2 Å². The van der Waals surface area contributed by atoms with Crippen molar-refractivity contribution in [3.8, 4) is 11.1 Å². The molecule has 0 atom stereocenters. The maximum Gasteiger partial charge on any atom is 0.240 e. The molecule has 0 spiro atoms. The normalized spacial score (nSPS) is 19.2. The van der Waals surface area contributed by atoms with Gasteiger partial charge in [0, 0.05) is 29.3 Å². The number of nitrogens with zero attached hydrogens (tertiary/aromatic N) is 1. The molecule has 2 aromatic carbocycles. The van der Waals surface area contributed by atoms with Gasteiger partial charge in [-0.1, -0.05) is 50.7 Å². The Morgan fingerprint density at radius 2 is 1.05 bits per heavy atom. The van der Waals surface area contributed by atoms with Crippen LogP contribution >= 0.6 is 0 Å². The van der Waals surface area contributed by atoms with Crippen LogP contribution in [0.4, 0.5) is 0 Å². The third kappa shape index (κ3) is 5.70. The molecule has 2 fully saturated rings. The molecule has 0 aliphatic heterocycles. The smallest absolute Gasteiger partial charge is 0.240 e. The number of benzene rings is 2. The van der Waals surface area contributed by atoms with Gasteiger partial charge in [-0.15, -0.1) is 0 Å². The van der Waals surface area contributed by atoms with Crippen LogP contribution < -0.4 is 9.44 Å². The number of nitrogens with one attached hydrogen (secondary N) is 2. The van der Waals surface area contributed by atoms with Gasteiger partial charge in [0.15, 0.2) is 0 Å². The summed E-state index contributed by atoms with van der Waals surface area (Å²) in [4.78, 5) is 5.25. The summed E-state index contributed by atoms with van der Waals surface area (Å²) in [6.07, 6.45) is 9.92. The zero-order valence-corrected chi connectivity index (χ0v) is 23.3. The first-order valence-electron chi connectivity index (χ1n) is 13.6. The number of hydrogen-bond donors (Lipinski definition) is 2. The van der Waals surface area contributed by atoms with Gasteiger partial charge in [-0.05, 0) is 74.9 Å². The first kappa shape index (κ1) is 26.5. The van der Waals surface area contributed by atoms with E-state index in [2.05, 4.69) is 9.44 Å². The Kier molecular flexibility index (Phi) is 7.60. The topological polar surface area (TPSA) is 105 Å². The van der Waals surface area contributed by atoms with Crippen LogP contribution in [-0.2, 0) is 20.0 Å². The Morgan fingerprint density at radius 3 is 1.43 bits per heavy atom. The van der Waals surface area contributed by atoms with E-state index in [9.17, 15) is 16.8 Å². The van der Waals surface area contributed by atoms with E-state index in [0.29, 0.717) is 5.71 Å². The maximum atomic E-state index is 13.2. The molecule has 0 radical (unpaired) electrons. The third-order valence-corrected chi connectivity index (χ3v) is 10.7. The number of rotatable bonds is 7. The summed E-state index contributed by atoms with van der Waals surface area (Å²) in [6, 6.07) is 10.2. The molecule has 0 amide bonds. The summed E-state index contributed by atoms with van der Waals surface area (Å²) < 4.78 is 58.7. The Bertz CT molecular complexity index is 1300. The summed E-state index contributed by atoms with van der Waals surface area (Å²) in [5.74, 6) is 0. The highest BCUT2D eigenvalue weighted by Crippen LogP contribution is 2.40. The number of sulfonamides is 2. The quantitative estimate of drug-likeness (QED) is 0.431. The summed E-state index contributed by atoms with van der Waals surface area (Å²) >= 11 is 0. The second kappa shape index (κ2) is 10.6. The molecule has 0 unspecified atom stereocenters. The van der Waals surface area contributed by atoms with E-state index in [-0.39, 0.29) is 27.9 Å². The Balaban J connectivity index is 1.49. The second-order valence-electron chi connectivity index (χ2n) is 10.9. The first-order valence-corrected chi connectivity index (χ1v) is 16.5. The zero-order valence-electron chi connectivity index (χ0n) is 21.7. The molecule has 7 nitrogen and oxygen atoms in total. The van der Waals surface area contributed by atoms with Crippen LogP contribution in [0.2, 0.25) is 0 Å². The lowest BCUT2D eigenvalue weighted by Crippen LogP contribution is -2.36. The highest BCUT2D eigenvalue weighted by Gasteiger charge is 2.31. The van der Waals surface area contributed by atoms with E-state index >= 15 is 0 Å². The van der Waals surface area contributed by atoms with Crippen molar-refractivity contribution >= 4 is 25.8 Å². The van der Waals surface area contributed by atoms with Crippen molar-refractivity contribution in [3.63, 3.8) is 0 Å². The third-order valence-electron chi connectivity index (χ3n) is 7.64. The molecule has 3 aliphatic rings. The lowest BCUT2D eigenvalue weighted by Gasteiger charge is -2.22. The average molecular weight is 544 g/mol. The van der Waals surface area contributed by atoms with Gasteiger partial charge in [-0.3, -0.25) is 4.99 Å². The lowest BCUT2D eigenvalue weighted by atomic mass is 9.96. The van der Waals surface area contributed by atoms with Crippen molar-refractivity contribution in [2.75, 3.05) is 0 Å². The molecule has 3 aliphatic carbocycles. The van der Waals surface area contributed by atoms with Gasteiger partial charge in [0.1, 0.15) is 0 Å². The summed E-state index contributed by atoms with van der Waals surface area (Å²) in [5.41, 5.74) is 3.84. The van der Waals surface area contributed by atoms with Crippen molar-refractivity contribution in [3.05, 3.63) is 47.5 Å². The summed E-state index contributed by atoms with van der Waals surface area (Å²) in [5, 5.41) is 0. The Labute approximate surface area is 221 Å². The molecule has 2 aromatic rings. The van der Waals surface area contributed by atoms with Gasteiger partial charge in [0.25, 0.3) is 0 Å². The van der Waals surface area contributed by atoms with Crippen LogP contribution in [-0.4, -0.2) is 40.7 Å². The van der Waals surface area contributed by atoms with E-state index in [1.165, 1.54) is 0 Å². The fourth-order valence-electron chi connectivity index (χ4n) is 5.80. The lowest BCUT2D eigenvalue weighted by molar-refractivity contribution is 0.412. The van der Waals surface area contributed by atoms with Crippen molar-refractivity contribution in [1.82, 2.24) is 9.44 Å². The molecule has 2 N–H and O–H groups in total. The van der Waals surface area contributed by atoms with E-state index in [1.807, 2.05) is 26.0 Å². The van der Waals surface area contributed by atoms with E-state index in [0.717, 1.165) is 86.5 Å². The predicted octanol–water partition coefficient (Wildman–Crippen LogP) is 5.13. The van der Waals surface area contributed by atoms with Gasteiger partial charge in [0.2, 0.25) is 20.0 Å². The van der Waals surface area contributed by atoms with Crippen LogP contribution in [0.1, 0.15) is 89.2 Å². The van der Waals surface area contributed by atoms with Crippen molar-refractivity contribution in [2.24, 2.45) is 4.99 Å². The van der Waals surface area contributed by atoms with Crippen LogP contribution in [0.3, 0.4) is 0 Å². The van der Waals surface area contributed by atoms with Gasteiger partial charge in [-0.25, -0.2) is 26.3 Å². The minimum atomic E-state index is -3.68. The number of aliphatic imine (C=N–C) groups is 1. The number of fused-ring (bicyclic) bond motifs is 3. The van der Waals surface area contributed by atoms with Gasteiger partial charge >= 0.3 is 0 Å². The summed E-state index contributed by atoms with van der Waals surface area (Å²) in [6.45, 7) is 3.92. The monoisotopic (exact) mass is 543 g/mol. The zero-order chi connectivity index (χ0) is 26.2. The fourth-order valence-corrected chi connectivity index (χ4v) is 8.46. The van der Waals surface area contributed by atoms with Gasteiger partial charge in [-0.2, -0.15) is 0 Å². The summed E-state index contributed by atoms with van der Waals surface area (Å²) in [7, 11) is -7.36. The SMILES string of the molecule is CC(C)N=C1c2cc(S(=O)(=O)NC3CCCCC3)ccc2-c2ccc(S(=O)(=O)NC3CCCCC3)cc21. The highest BCUT2D eigenvalue weighted by atomic mass is 32.2. The van der Waals surface area contributed by atoms with Crippen molar-refractivity contribution < 1.29 is 16.8 Å². The van der Waals surface area contributed by atoms with E-state index < -0.39 is 20.0 Å². The molecule has 200 valence electrons. The molecule has 37 heavy (non-hydrogen) atoms. The molecule has 0 saturated heterocycles. The van der Waals surface area contributed by atoms with Crippen LogP contribution in [0.25, 0.3) is 11.1 Å². The Hall–Kier alpha value is -2.07. The minimum Gasteiger partial charge on any atom is -0.281 e. The van der Waals surface area contributed by atoms with Crippen molar-refractivity contribution in [1.29, 1.82) is 0 Å². The Morgan fingerprint density at radius 1 is 0.649 bits per heavy atom. The van der Waals surface area contributed by atoms with Gasteiger partial charge < -0.3 is 0 Å². The molecular weight excluding hydrogens is 506 g/mol. The minimum absolute atomic E-state index is 0.0302. The van der Waals surface area contributed by atoms with Gasteiger partial charge in [0.05, 0.1) is 15.5 Å². The largest absolute Gasteiger partial charge is 0.281 e.